The SMILES string of the molecule is CCc1ccc(OCC(=O)N/N=C(/C)Cc2ccccc2OC)cc1. The van der Waals surface area contributed by atoms with E-state index in [0.29, 0.717) is 12.2 Å². The predicted octanol–water partition coefficient (Wildman–Crippen LogP) is 3.37. The Hall–Kier alpha value is -2.82. The topological polar surface area (TPSA) is 59.9 Å². The van der Waals surface area contributed by atoms with E-state index in [1.165, 1.54) is 5.56 Å². The first-order valence-electron chi connectivity index (χ1n) is 8.28. The summed E-state index contributed by atoms with van der Waals surface area (Å²) in [5, 5.41) is 4.12. The first-order valence-corrected chi connectivity index (χ1v) is 8.28. The summed E-state index contributed by atoms with van der Waals surface area (Å²) in [6.07, 6.45) is 1.57. The molecule has 0 aromatic heterocycles. The van der Waals surface area contributed by atoms with Gasteiger partial charge < -0.3 is 9.47 Å². The van der Waals surface area contributed by atoms with E-state index in [2.05, 4.69) is 17.5 Å². The molecule has 0 radical (unpaired) electrons. The van der Waals surface area contributed by atoms with E-state index in [0.717, 1.165) is 23.4 Å². The van der Waals surface area contributed by atoms with Crippen LogP contribution in [-0.2, 0) is 17.6 Å². The van der Waals surface area contributed by atoms with Crippen molar-refractivity contribution in [3.8, 4) is 11.5 Å². The maximum absolute atomic E-state index is 11.9. The summed E-state index contributed by atoms with van der Waals surface area (Å²) in [5.74, 6) is 1.18. The molecular formula is C20H24N2O3. The number of carbonyl (C=O) groups excluding carboxylic acids is 1. The molecule has 132 valence electrons. The molecule has 0 bridgehead atoms. The smallest absolute Gasteiger partial charge is 0.277 e. The molecule has 0 spiro atoms. The van der Waals surface area contributed by atoms with Crippen LogP contribution in [0.2, 0.25) is 0 Å². The molecule has 5 nitrogen and oxygen atoms in total. The van der Waals surface area contributed by atoms with Crippen molar-refractivity contribution in [3.63, 3.8) is 0 Å². The quantitative estimate of drug-likeness (QED) is 0.592. The van der Waals surface area contributed by atoms with Gasteiger partial charge in [-0.05, 0) is 42.7 Å². The largest absolute Gasteiger partial charge is 0.496 e. The third-order valence-electron chi connectivity index (χ3n) is 3.71. The van der Waals surface area contributed by atoms with E-state index < -0.39 is 0 Å². The minimum absolute atomic E-state index is 0.0725. The maximum Gasteiger partial charge on any atom is 0.277 e. The number of para-hydroxylation sites is 1. The van der Waals surface area contributed by atoms with E-state index >= 15 is 0 Å². The second kappa shape index (κ2) is 9.47. The number of hydrazone groups is 1. The van der Waals surface area contributed by atoms with E-state index in [1.54, 1.807) is 7.11 Å². The molecule has 0 aliphatic heterocycles. The number of amides is 1. The van der Waals surface area contributed by atoms with Crippen LogP contribution in [0.1, 0.15) is 25.0 Å². The Morgan fingerprint density at radius 2 is 1.84 bits per heavy atom. The predicted molar refractivity (Wildman–Crippen MR) is 99.3 cm³/mol. The second-order valence-corrected chi connectivity index (χ2v) is 5.66. The summed E-state index contributed by atoms with van der Waals surface area (Å²) in [4.78, 5) is 11.9. The number of nitrogens with one attached hydrogen (secondary N) is 1. The average Bonchev–Trinajstić information content (AvgIpc) is 2.65. The number of carbonyl (C=O) groups is 1. The zero-order chi connectivity index (χ0) is 18.1. The number of methoxy groups -OCH3 is 1. The molecule has 1 N–H and O–H groups in total. The Balaban J connectivity index is 1.82. The summed E-state index contributed by atoms with van der Waals surface area (Å²) in [7, 11) is 1.64. The number of hydrogen-bond donors (Lipinski definition) is 1. The van der Waals surface area contributed by atoms with Crippen LogP contribution in [0, 0.1) is 0 Å². The molecule has 25 heavy (non-hydrogen) atoms. The molecule has 2 aromatic rings. The molecule has 0 unspecified atom stereocenters. The lowest BCUT2D eigenvalue weighted by Crippen LogP contribution is -2.25. The van der Waals surface area contributed by atoms with Gasteiger partial charge in [0.05, 0.1) is 7.11 Å². The molecule has 0 fully saturated rings. The molecule has 0 aliphatic carbocycles. The summed E-state index contributed by atoms with van der Waals surface area (Å²) >= 11 is 0. The summed E-state index contributed by atoms with van der Waals surface area (Å²) in [5.41, 5.74) is 5.55. The van der Waals surface area contributed by atoms with E-state index in [-0.39, 0.29) is 12.5 Å². The summed E-state index contributed by atoms with van der Waals surface area (Å²) in [6, 6.07) is 15.4. The fraction of sp³-hybridized carbons (Fsp3) is 0.300. The lowest BCUT2D eigenvalue weighted by molar-refractivity contribution is -0.123. The van der Waals surface area contributed by atoms with Gasteiger partial charge in [0.15, 0.2) is 6.61 Å². The van der Waals surface area contributed by atoms with Gasteiger partial charge in [-0.25, -0.2) is 5.43 Å². The minimum Gasteiger partial charge on any atom is -0.496 e. The first kappa shape index (κ1) is 18.5. The number of ether oxygens (including phenoxy) is 2. The normalized spacial score (nSPS) is 11.1. The first-order chi connectivity index (χ1) is 12.1. The number of rotatable bonds is 8. The minimum atomic E-state index is -0.293. The van der Waals surface area contributed by atoms with Gasteiger partial charge >= 0.3 is 0 Å². The van der Waals surface area contributed by atoms with E-state index in [9.17, 15) is 4.79 Å². The Labute approximate surface area is 148 Å². The van der Waals surface area contributed by atoms with Crippen LogP contribution >= 0.6 is 0 Å². The van der Waals surface area contributed by atoms with Crippen LogP contribution in [0.3, 0.4) is 0 Å². The third-order valence-corrected chi connectivity index (χ3v) is 3.71. The highest BCUT2D eigenvalue weighted by molar-refractivity contribution is 5.86. The van der Waals surface area contributed by atoms with Crippen molar-refractivity contribution < 1.29 is 14.3 Å². The summed E-state index contributed by atoms with van der Waals surface area (Å²) < 4.78 is 10.8. The van der Waals surface area contributed by atoms with Crippen LogP contribution in [0.15, 0.2) is 53.6 Å². The van der Waals surface area contributed by atoms with Crippen molar-refractivity contribution in [2.75, 3.05) is 13.7 Å². The lowest BCUT2D eigenvalue weighted by atomic mass is 10.1. The van der Waals surface area contributed by atoms with Crippen LogP contribution in [0.4, 0.5) is 0 Å². The maximum atomic E-state index is 11.9. The van der Waals surface area contributed by atoms with Crippen molar-refractivity contribution >= 4 is 11.6 Å². The van der Waals surface area contributed by atoms with Crippen molar-refractivity contribution in [3.05, 3.63) is 59.7 Å². The molecule has 0 saturated heterocycles. The number of aryl methyl sites for hydroxylation is 1. The van der Waals surface area contributed by atoms with Crippen LogP contribution in [0.25, 0.3) is 0 Å². The fourth-order valence-electron chi connectivity index (χ4n) is 2.32. The highest BCUT2D eigenvalue weighted by Crippen LogP contribution is 2.18. The number of benzene rings is 2. The van der Waals surface area contributed by atoms with Crippen molar-refractivity contribution in [1.82, 2.24) is 5.43 Å². The monoisotopic (exact) mass is 340 g/mol. The van der Waals surface area contributed by atoms with Crippen molar-refractivity contribution in [2.45, 2.75) is 26.7 Å². The molecule has 2 rings (SSSR count). The van der Waals surface area contributed by atoms with Crippen LogP contribution < -0.4 is 14.9 Å². The van der Waals surface area contributed by atoms with Crippen molar-refractivity contribution in [1.29, 1.82) is 0 Å². The zero-order valence-electron chi connectivity index (χ0n) is 14.9. The third kappa shape index (κ3) is 5.95. The van der Waals surface area contributed by atoms with Gasteiger partial charge in [-0.1, -0.05) is 37.3 Å². The number of hydrogen-bond acceptors (Lipinski definition) is 4. The standard InChI is InChI=1S/C20H24N2O3/c1-4-16-9-11-18(12-10-16)25-14-20(23)22-21-15(2)13-17-7-5-6-8-19(17)24-3/h5-12H,4,13-14H2,1-3H3,(H,22,23)/b21-15-. The molecule has 0 aliphatic rings. The molecule has 0 saturated carbocycles. The van der Waals surface area contributed by atoms with Gasteiger partial charge in [0, 0.05) is 12.1 Å². The van der Waals surface area contributed by atoms with Gasteiger partial charge in [0.1, 0.15) is 11.5 Å². The molecule has 2 aromatic carbocycles. The Bertz CT molecular complexity index is 724. The average molecular weight is 340 g/mol. The van der Waals surface area contributed by atoms with E-state index in [1.807, 2.05) is 55.5 Å². The van der Waals surface area contributed by atoms with E-state index in [4.69, 9.17) is 9.47 Å². The molecule has 0 heterocycles. The van der Waals surface area contributed by atoms with Gasteiger partial charge in [-0.15, -0.1) is 0 Å². The Morgan fingerprint density at radius 3 is 2.52 bits per heavy atom. The highest BCUT2D eigenvalue weighted by Gasteiger charge is 2.05. The van der Waals surface area contributed by atoms with Gasteiger partial charge in [-0.2, -0.15) is 5.10 Å². The molecule has 5 heteroatoms. The van der Waals surface area contributed by atoms with Crippen molar-refractivity contribution in [2.24, 2.45) is 5.10 Å². The Kier molecular flexibility index (Phi) is 7.01. The molecule has 1 amide bonds. The second-order valence-electron chi connectivity index (χ2n) is 5.66. The Morgan fingerprint density at radius 1 is 1.12 bits per heavy atom. The van der Waals surface area contributed by atoms with Gasteiger partial charge in [0.2, 0.25) is 0 Å². The molecular weight excluding hydrogens is 316 g/mol. The fourth-order valence-corrected chi connectivity index (χ4v) is 2.32. The van der Waals surface area contributed by atoms with Crippen LogP contribution in [-0.4, -0.2) is 25.3 Å². The summed E-state index contributed by atoms with van der Waals surface area (Å²) in [6.45, 7) is 3.88. The highest BCUT2D eigenvalue weighted by atomic mass is 16.5. The number of nitrogens with zero attached hydrogens (tertiary/aromatic N) is 1. The van der Waals surface area contributed by atoms with Gasteiger partial charge in [-0.3, -0.25) is 4.79 Å². The molecule has 0 atom stereocenters. The van der Waals surface area contributed by atoms with Crippen LogP contribution in [0.5, 0.6) is 11.5 Å². The lowest BCUT2D eigenvalue weighted by Gasteiger charge is -2.08. The zero-order valence-corrected chi connectivity index (χ0v) is 14.9. The van der Waals surface area contributed by atoms with Gasteiger partial charge in [0.25, 0.3) is 5.91 Å².